The molecule has 4 rings (SSSR count). The molecule has 2 heterocycles. The van der Waals surface area contributed by atoms with Crippen molar-refractivity contribution < 1.29 is 4.52 Å². The molecule has 1 aromatic heterocycles. The number of benzene rings is 1. The average molecular weight is 329 g/mol. The molecular formula is C17H17ClN4O. The monoisotopic (exact) mass is 328 g/mol. The van der Waals surface area contributed by atoms with Gasteiger partial charge in [0, 0.05) is 24.9 Å². The highest BCUT2D eigenvalue weighted by atomic mass is 35.5. The van der Waals surface area contributed by atoms with Crippen LogP contribution in [-0.4, -0.2) is 23.2 Å². The van der Waals surface area contributed by atoms with E-state index in [1.807, 2.05) is 18.2 Å². The van der Waals surface area contributed by atoms with E-state index in [0.29, 0.717) is 22.4 Å². The predicted octanol–water partition coefficient (Wildman–Crippen LogP) is 3.86. The smallest absolute Gasteiger partial charge is 0.229 e. The number of piperidine rings is 1. The average Bonchev–Trinajstić information content (AvgIpc) is 3.32. The Morgan fingerprint density at radius 2 is 1.96 bits per heavy atom. The SMILES string of the molecule is N#Cc1cccc(Cl)c1N1CCC(c2noc(C3CC3)n2)CC1. The van der Waals surface area contributed by atoms with Crippen LogP contribution in [-0.2, 0) is 0 Å². The molecule has 0 amide bonds. The Labute approximate surface area is 139 Å². The molecule has 0 bridgehead atoms. The Balaban J connectivity index is 1.47. The van der Waals surface area contributed by atoms with Crippen LogP contribution < -0.4 is 4.90 Å². The van der Waals surface area contributed by atoms with Crippen molar-refractivity contribution in [2.24, 2.45) is 0 Å². The van der Waals surface area contributed by atoms with E-state index in [4.69, 9.17) is 16.1 Å². The van der Waals surface area contributed by atoms with Gasteiger partial charge in [0.15, 0.2) is 5.82 Å². The molecule has 0 radical (unpaired) electrons. The lowest BCUT2D eigenvalue weighted by Gasteiger charge is -2.33. The minimum absolute atomic E-state index is 0.329. The standard InChI is InChI=1S/C17H17ClN4O/c18-14-3-1-2-13(10-19)15(14)22-8-6-11(7-9-22)16-20-17(23-21-16)12-4-5-12/h1-3,11-12H,4-9H2. The summed E-state index contributed by atoms with van der Waals surface area (Å²) in [7, 11) is 0. The van der Waals surface area contributed by atoms with Crippen LogP contribution in [0.5, 0.6) is 0 Å². The van der Waals surface area contributed by atoms with Crippen molar-refractivity contribution in [1.82, 2.24) is 10.1 Å². The van der Waals surface area contributed by atoms with Crippen molar-refractivity contribution in [2.45, 2.75) is 37.5 Å². The van der Waals surface area contributed by atoms with Crippen molar-refractivity contribution in [1.29, 1.82) is 5.26 Å². The van der Waals surface area contributed by atoms with Gasteiger partial charge in [-0.15, -0.1) is 0 Å². The first-order valence-electron chi connectivity index (χ1n) is 8.03. The maximum Gasteiger partial charge on any atom is 0.229 e. The van der Waals surface area contributed by atoms with E-state index in [2.05, 4.69) is 21.1 Å². The van der Waals surface area contributed by atoms with Crippen LogP contribution in [0.2, 0.25) is 5.02 Å². The zero-order valence-corrected chi connectivity index (χ0v) is 13.5. The van der Waals surface area contributed by atoms with Crippen molar-refractivity contribution in [3.05, 3.63) is 40.5 Å². The highest BCUT2D eigenvalue weighted by Gasteiger charge is 2.32. The van der Waals surface area contributed by atoms with Crippen LogP contribution in [0.4, 0.5) is 5.69 Å². The van der Waals surface area contributed by atoms with Crippen molar-refractivity contribution in [3.63, 3.8) is 0 Å². The van der Waals surface area contributed by atoms with Gasteiger partial charge in [0.05, 0.1) is 16.3 Å². The molecule has 6 heteroatoms. The molecule has 0 unspecified atom stereocenters. The molecule has 1 saturated carbocycles. The van der Waals surface area contributed by atoms with Crippen molar-refractivity contribution in [3.8, 4) is 6.07 Å². The minimum atomic E-state index is 0.329. The first-order valence-corrected chi connectivity index (χ1v) is 8.41. The second-order valence-corrected chi connectivity index (χ2v) is 6.68. The maximum absolute atomic E-state index is 9.30. The van der Waals surface area contributed by atoms with Gasteiger partial charge < -0.3 is 9.42 Å². The van der Waals surface area contributed by atoms with Gasteiger partial charge in [-0.2, -0.15) is 10.2 Å². The van der Waals surface area contributed by atoms with E-state index >= 15 is 0 Å². The molecule has 5 nitrogen and oxygen atoms in total. The normalized spacial score (nSPS) is 18.9. The first-order chi connectivity index (χ1) is 11.3. The molecule has 0 atom stereocenters. The van der Waals surface area contributed by atoms with E-state index in [0.717, 1.165) is 43.3 Å². The van der Waals surface area contributed by atoms with Gasteiger partial charge in [-0.25, -0.2) is 0 Å². The molecule has 1 saturated heterocycles. The lowest BCUT2D eigenvalue weighted by molar-refractivity contribution is 0.365. The highest BCUT2D eigenvalue weighted by molar-refractivity contribution is 6.33. The third kappa shape index (κ3) is 2.79. The van der Waals surface area contributed by atoms with Gasteiger partial charge in [-0.3, -0.25) is 0 Å². The predicted molar refractivity (Wildman–Crippen MR) is 86.6 cm³/mol. The van der Waals surface area contributed by atoms with Gasteiger partial charge in [-0.05, 0) is 37.8 Å². The van der Waals surface area contributed by atoms with Crippen LogP contribution in [0.3, 0.4) is 0 Å². The maximum atomic E-state index is 9.30. The number of hydrogen-bond acceptors (Lipinski definition) is 5. The molecule has 23 heavy (non-hydrogen) atoms. The summed E-state index contributed by atoms with van der Waals surface area (Å²) in [5.74, 6) is 2.47. The summed E-state index contributed by atoms with van der Waals surface area (Å²) in [5.41, 5.74) is 1.48. The minimum Gasteiger partial charge on any atom is -0.369 e. The number of nitrogens with zero attached hydrogens (tertiary/aromatic N) is 4. The Hall–Kier alpha value is -2.06. The Kier molecular flexibility index (Phi) is 3.70. The molecule has 2 fully saturated rings. The summed E-state index contributed by atoms with van der Waals surface area (Å²) in [6, 6.07) is 7.70. The summed E-state index contributed by atoms with van der Waals surface area (Å²) in [4.78, 5) is 6.76. The van der Waals surface area contributed by atoms with Crippen molar-refractivity contribution in [2.75, 3.05) is 18.0 Å². The number of aromatic nitrogens is 2. The van der Waals surface area contributed by atoms with E-state index in [1.54, 1.807) is 0 Å². The lowest BCUT2D eigenvalue weighted by Crippen LogP contribution is -2.33. The Bertz CT molecular complexity index is 754. The first kappa shape index (κ1) is 14.5. The second-order valence-electron chi connectivity index (χ2n) is 6.27. The summed E-state index contributed by atoms with van der Waals surface area (Å²) >= 11 is 6.31. The molecule has 1 aliphatic carbocycles. The fourth-order valence-electron chi connectivity index (χ4n) is 3.20. The van der Waals surface area contributed by atoms with Crippen LogP contribution in [0, 0.1) is 11.3 Å². The Morgan fingerprint density at radius 3 is 2.65 bits per heavy atom. The quantitative estimate of drug-likeness (QED) is 0.856. The fraction of sp³-hybridized carbons (Fsp3) is 0.471. The zero-order valence-electron chi connectivity index (χ0n) is 12.7. The summed E-state index contributed by atoms with van der Waals surface area (Å²) < 4.78 is 5.37. The summed E-state index contributed by atoms with van der Waals surface area (Å²) in [6.07, 6.45) is 4.23. The van der Waals surface area contributed by atoms with Crippen LogP contribution >= 0.6 is 11.6 Å². The topological polar surface area (TPSA) is 66.0 Å². The third-order valence-corrected chi connectivity index (χ3v) is 4.97. The van der Waals surface area contributed by atoms with Crippen LogP contribution in [0.15, 0.2) is 22.7 Å². The Morgan fingerprint density at radius 1 is 1.17 bits per heavy atom. The van der Waals surface area contributed by atoms with Crippen LogP contribution in [0.1, 0.15) is 54.8 Å². The molecule has 0 N–H and O–H groups in total. The third-order valence-electron chi connectivity index (χ3n) is 4.67. The number of para-hydroxylation sites is 1. The zero-order chi connectivity index (χ0) is 15.8. The van der Waals surface area contributed by atoms with Gasteiger partial charge in [-0.1, -0.05) is 22.8 Å². The highest BCUT2D eigenvalue weighted by Crippen LogP contribution is 2.40. The number of nitriles is 1. The van der Waals surface area contributed by atoms with E-state index in [-0.39, 0.29) is 0 Å². The van der Waals surface area contributed by atoms with E-state index in [1.165, 1.54) is 12.8 Å². The van der Waals surface area contributed by atoms with Crippen LogP contribution in [0.25, 0.3) is 0 Å². The molecule has 1 aromatic carbocycles. The molecule has 2 aliphatic rings. The lowest BCUT2D eigenvalue weighted by atomic mass is 9.95. The second kappa shape index (κ2) is 5.86. The number of rotatable bonds is 3. The summed E-state index contributed by atoms with van der Waals surface area (Å²) in [6.45, 7) is 1.69. The van der Waals surface area contributed by atoms with E-state index < -0.39 is 0 Å². The van der Waals surface area contributed by atoms with Gasteiger partial charge >= 0.3 is 0 Å². The van der Waals surface area contributed by atoms with E-state index in [9.17, 15) is 5.26 Å². The molecule has 118 valence electrons. The van der Waals surface area contributed by atoms with Crippen molar-refractivity contribution >= 4 is 17.3 Å². The number of hydrogen-bond donors (Lipinski definition) is 0. The molecule has 2 aromatic rings. The van der Waals surface area contributed by atoms with Gasteiger partial charge in [0.25, 0.3) is 0 Å². The van der Waals surface area contributed by atoms with Gasteiger partial charge in [0.2, 0.25) is 5.89 Å². The largest absolute Gasteiger partial charge is 0.369 e. The fourth-order valence-corrected chi connectivity index (χ4v) is 3.49. The molecule has 0 spiro atoms. The summed E-state index contributed by atoms with van der Waals surface area (Å²) in [5, 5.41) is 14.1. The molecular weight excluding hydrogens is 312 g/mol. The number of anilines is 1. The number of halogens is 1. The molecule has 1 aliphatic heterocycles. The van der Waals surface area contributed by atoms with Gasteiger partial charge in [0.1, 0.15) is 6.07 Å².